The van der Waals surface area contributed by atoms with Crippen LogP contribution in [0.1, 0.15) is 24.2 Å². The SMILES string of the molecule is CC(C)OCCNS(=O)(=O)c1cc(C(=O)O)ccc1Cl. The van der Waals surface area contributed by atoms with Gasteiger partial charge in [0.1, 0.15) is 4.90 Å². The van der Waals surface area contributed by atoms with Gasteiger partial charge in [0.2, 0.25) is 10.0 Å². The quantitative estimate of drug-likeness (QED) is 0.746. The normalized spacial score (nSPS) is 11.8. The summed E-state index contributed by atoms with van der Waals surface area (Å²) >= 11 is 5.81. The van der Waals surface area contributed by atoms with Gasteiger partial charge in [-0.3, -0.25) is 0 Å². The van der Waals surface area contributed by atoms with E-state index >= 15 is 0 Å². The zero-order valence-corrected chi connectivity index (χ0v) is 12.7. The van der Waals surface area contributed by atoms with Gasteiger partial charge in [-0.1, -0.05) is 11.6 Å². The summed E-state index contributed by atoms with van der Waals surface area (Å²) in [5, 5.41) is 8.83. The molecular weight excluding hydrogens is 306 g/mol. The number of carboxylic acids is 1. The Labute approximate surface area is 122 Å². The number of hydrogen-bond donors (Lipinski definition) is 2. The summed E-state index contributed by atoms with van der Waals surface area (Å²) in [5.74, 6) is -1.22. The van der Waals surface area contributed by atoms with Crippen molar-refractivity contribution in [2.45, 2.75) is 24.8 Å². The lowest BCUT2D eigenvalue weighted by atomic mass is 10.2. The van der Waals surface area contributed by atoms with Crippen molar-refractivity contribution in [3.8, 4) is 0 Å². The average molecular weight is 322 g/mol. The minimum absolute atomic E-state index is 0.00145. The smallest absolute Gasteiger partial charge is 0.335 e. The van der Waals surface area contributed by atoms with Crippen LogP contribution in [0.4, 0.5) is 0 Å². The molecule has 20 heavy (non-hydrogen) atoms. The van der Waals surface area contributed by atoms with E-state index < -0.39 is 16.0 Å². The number of sulfonamides is 1. The predicted octanol–water partition coefficient (Wildman–Crippen LogP) is 1.74. The van der Waals surface area contributed by atoms with Crippen LogP contribution in [0.2, 0.25) is 5.02 Å². The summed E-state index contributed by atoms with van der Waals surface area (Å²) in [4.78, 5) is 10.6. The summed E-state index contributed by atoms with van der Waals surface area (Å²) < 4.78 is 31.6. The molecule has 0 spiro atoms. The second-order valence-corrected chi connectivity index (χ2v) is 6.41. The van der Waals surface area contributed by atoms with Crippen LogP contribution in [0, 0.1) is 0 Å². The number of carbonyl (C=O) groups is 1. The maximum absolute atomic E-state index is 12.0. The van der Waals surface area contributed by atoms with Crippen molar-refractivity contribution in [2.24, 2.45) is 0 Å². The zero-order chi connectivity index (χ0) is 15.3. The molecule has 8 heteroatoms. The van der Waals surface area contributed by atoms with Gasteiger partial charge in [-0.05, 0) is 32.0 Å². The molecule has 0 bridgehead atoms. The molecule has 0 radical (unpaired) electrons. The number of ether oxygens (including phenoxy) is 1. The van der Waals surface area contributed by atoms with Gasteiger partial charge >= 0.3 is 5.97 Å². The second-order valence-electron chi connectivity index (χ2n) is 4.27. The lowest BCUT2D eigenvalue weighted by Gasteiger charge is -2.10. The lowest BCUT2D eigenvalue weighted by Crippen LogP contribution is -2.28. The monoisotopic (exact) mass is 321 g/mol. The van der Waals surface area contributed by atoms with Crippen molar-refractivity contribution >= 4 is 27.6 Å². The minimum atomic E-state index is -3.87. The fourth-order valence-electron chi connectivity index (χ4n) is 1.39. The maximum Gasteiger partial charge on any atom is 0.335 e. The van der Waals surface area contributed by atoms with Gasteiger partial charge in [-0.2, -0.15) is 0 Å². The highest BCUT2D eigenvalue weighted by Crippen LogP contribution is 2.22. The third-order valence-electron chi connectivity index (χ3n) is 2.31. The van der Waals surface area contributed by atoms with E-state index in [0.29, 0.717) is 0 Å². The highest BCUT2D eigenvalue weighted by molar-refractivity contribution is 7.89. The molecular formula is C12H16ClNO5S. The second kappa shape index (κ2) is 7.03. The zero-order valence-electron chi connectivity index (χ0n) is 11.1. The van der Waals surface area contributed by atoms with E-state index in [1.54, 1.807) is 0 Å². The molecule has 6 nitrogen and oxygen atoms in total. The molecule has 1 aromatic carbocycles. The van der Waals surface area contributed by atoms with E-state index in [2.05, 4.69) is 4.72 Å². The molecule has 1 rings (SSSR count). The third kappa shape index (κ3) is 4.75. The Morgan fingerprint density at radius 1 is 1.45 bits per heavy atom. The number of carboxylic acid groups (broad SMARTS) is 1. The molecule has 0 fully saturated rings. The standard InChI is InChI=1S/C12H16ClNO5S/c1-8(2)19-6-5-14-20(17,18)11-7-9(12(15)16)3-4-10(11)13/h3-4,7-8,14H,5-6H2,1-2H3,(H,15,16). The Hall–Kier alpha value is -1.15. The molecule has 0 atom stereocenters. The molecule has 1 aromatic rings. The molecule has 0 amide bonds. The highest BCUT2D eigenvalue weighted by Gasteiger charge is 2.19. The number of benzene rings is 1. The first-order valence-electron chi connectivity index (χ1n) is 5.88. The Morgan fingerprint density at radius 3 is 2.65 bits per heavy atom. The fraction of sp³-hybridized carbons (Fsp3) is 0.417. The molecule has 112 valence electrons. The van der Waals surface area contributed by atoms with Crippen LogP contribution in [-0.4, -0.2) is 38.7 Å². The van der Waals surface area contributed by atoms with Crippen LogP contribution in [-0.2, 0) is 14.8 Å². The fourth-order valence-corrected chi connectivity index (χ4v) is 2.93. The van der Waals surface area contributed by atoms with E-state index in [-0.39, 0.29) is 34.7 Å². The van der Waals surface area contributed by atoms with Gasteiger partial charge < -0.3 is 9.84 Å². The van der Waals surface area contributed by atoms with Gasteiger partial charge in [-0.15, -0.1) is 0 Å². The minimum Gasteiger partial charge on any atom is -0.478 e. The summed E-state index contributed by atoms with van der Waals surface area (Å²) in [6.45, 7) is 3.96. The summed E-state index contributed by atoms with van der Waals surface area (Å²) in [5.41, 5.74) is -0.145. The van der Waals surface area contributed by atoms with Gasteiger partial charge in [0.05, 0.1) is 23.3 Å². The Morgan fingerprint density at radius 2 is 2.10 bits per heavy atom. The van der Waals surface area contributed by atoms with Crippen molar-refractivity contribution < 1.29 is 23.1 Å². The van der Waals surface area contributed by atoms with E-state index in [1.807, 2.05) is 13.8 Å². The lowest BCUT2D eigenvalue weighted by molar-refractivity contribution is 0.0696. The van der Waals surface area contributed by atoms with Crippen LogP contribution in [0.3, 0.4) is 0 Å². The van der Waals surface area contributed by atoms with Crippen molar-refractivity contribution in [3.05, 3.63) is 28.8 Å². The molecule has 2 N–H and O–H groups in total. The number of hydrogen-bond acceptors (Lipinski definition) is 4. The van der Waals surface area contributed by atoms with Crippen molar-refractivity contribution in [3.63, 3.8) is 0 Å². The number of halogens is 1. The highest BCUT2D eigenvalue weighted by atomic mass is 35.5. The Bertz CT molecular complexity index is 586. The van der Waals surface area contributed by atoms with Gasteiger partial charge in [0.15, 0.2) is 0 Å². The van der Waals surface area contributed by atoms with Crippen LogP contribution in [0.5, 0.6) is 0 Å². The van der Waals surface area contributed by atoms with Crippen LogP contribution < -0.4 is 4.72 Å². The number of nitrogens with one attached hydrogen (secondary N) is 1. The summed E-state index contributed by atoms with van der Waals surface area (Å²) in [6.07, 6.45) is -0.00145. The Balaban J connectivity index is 2.86. The Kier molecular flexibility index (Phi) is 5.94. The first kappa shape index (κ1) is 16.9. The van der Waals surface area contributed by atoms with Gasteiger partial charge in [0, 0.05) is 6.54 Å². The van der Waals surface area contributed by atoms with Crippen molar-refractivity contribution in [1.82, 2.24) is 4.72 Å². The first-order valence-corrected chi connectivity index (χ1v) is 7.74. The van der Waals surface area contributed by atoms with Crippen LogP contribution >= 0.6 is 11.6 Å². The molecule has 0 aromatic heterocycles. The van der Waals surface area contributed by atoms with Crippen LogP contribution in [0.25, 0.3) is 0 Å². The molecule has 0 saturated carbocycles. The average Bonchev–Trinajstić information content (AvgIpc) is 2.34. The number of aromatic carboxylic acids is 1. The van der Waals surface area contributed by atoms with Gasteiger partial charge in [-0.25, -0.2) is 17.9 Å². The maximum atomic E-state index is 12.0. The third-order valence-corrected chi connectivity index (χ3v) is 4.26. The largest absolute Gasteiger partial charge is 0.478 e. The van der Waals surface area contributed by atoms with Gasteiger partial charge in [0.25, 0.3) is 0 Å². The molecule has 0 aliphatic heterocycles. The van der Waals surface area contributed by atoms with Crippen molar-refractivity contribution in [1.29, 1.82) is 0 Å². The topological polar surface area (TPSA) is 92.7 Å². The first-order chi connectivity index (χ1) is 9.24. The summed E-state index contributed by atoms with van der Waals surface area (Å²) in [7, 11) is -3.87. The molecule has 0 aliphatic rings. The van der Waals surface area contributed by atoms with E-state index in [4.69, 9.17) is 21.4 Å². The molecule has 0 unspecified atom stereocenters. The molecule has 0 aliphatic carbocycles. The van der Waals surface area contributed by atoms with Crippen molar-refractivity contribution in [2.75, 3.05) is 13.2 Å². The van der Waals surface area contributed by atoms with E-state index in [9.17, 15) is 13.2 Å². The molecule has 0 saturated heterocycles. The van der Waals surface area contributed by atoms with Crippen LogP contribution in [0.15, 0.2) is 23.1 Å². The predicted molar refractivity (Wildman–Crippen MR) is 74.7 cm³/mol. The molecule has 0 heterocycles. The number of rotatable bonds is 7. The van der Waals surface area contributed by atoms with E-state index in [1.165, 1.54) is 12.1 Å². The summed E-state index contributed by atoms with van der Waals surface area (Å²) in [6, 6.07) is 3.51. The van der Waals surface area contributed by atoms with E-state index in [0.717, 1.165) is 6.07 Å².